The molecule has 6 rings (SSSR count). The van der Waals surface area contributed by atoms with Crippen LogP contribution in [-0.4, -0.2) is 78.9 Å². The minimum absolute atomic E-state index is 0.111. The van der Waals surface area contributed by atoms with Crippen LogP contribution in [0.2, 0.25) is 0 Å². The predicted molar refractivity (Wildman–Crippen MR) is 157 cm³/mol. The second kappa shape index (κ2) is 10.7. The van der Waals surface area contributed by atoms with Crippen LogP contribution in [0, 0.1) is 12.3 Å². The van der Waals surface area contributed by atoms with E-state index in [0.717, 1.165) is 110 Å². The molecule has 2 aromatic heterocycles. The van der Waals surface area contributed by atoms with E-state index in [-0.39, 0.29) is 6.10 Å². The Hall–Kier alpha value is -3.23. The molecule has 1 aromatic carbocycles. The largest absolute Gasteiger partial charge is 0.491 e. The Bertz CT molecular complexity index is 1350. The van der Waals surface area contributed by atoms with E-state index in [1.165, 1.54) is 0 Å². The number of aryl methyl sites for hydroxylation is 1. The summed E-state index contributed by atoms with van der Waals surface area (Å²) < 4.78 is 12.9. The average molecular weight is 529 g/mol. The number of hydrogen-bond donors (Lipinski definition) is 1. The molecule has 3 aromatic rings. The highest BCUT2D eigenvalue weighted by molar-refractivity contribution is 6.02. The summed E-state index contributed by atoms with van der Waals surface area (Å²) >= 11 is 0. The van der Waals surface area contributed by atoms with E-state index in [2.05, 4.69) is 46.7 Å². The number of nitrogens with zero attached hydrogens (tertiary/aromatic N) is 5. The molecular formula is C31H40N6O2. The maximum atomic E-state index is 6.50. The lowest BCUT2D eigenvalue weighted by atomic mass is 9.73. The van der Waals surface area contributed by atoms with Crippen molar-refractivity contribution in [3.8, 4) is 22.9 Å². The second-order valence-electron chi connectivity index (χ2n) is 11.4. The highest BCUT2D eigenvalue weighted by Crippen LogP contribution is 2.45. The molecule has 3 aliphatic rings. The smallest absolute Gasteiger partial charge is 0.319 e. The molecule has 3 fully saturated rings. The first-order chi connectivity index (χ1) is 19.0. The van der Waals surface area contributed by atoms with Gasteiger partial charge >= 0.3 is 6.01 Å². The van der Waals surface area contributed by atoms with Crippen LogP contribution >= 0.6 is 0 Å². The fraction of sp³-hybridized carbons (Fsp3) is 0.516. The Morgan fingerprint density at radius 2 is 1.92 bits per heavy atom. The molecule has 0 bridgehead atoms. The molecule has 0 unspecified atom stereocenters. The topological polar surface area (TPSA) is 75.6 Å². The molecule has 8 nitrogen and oxygen atoms in total. The fourth-order valence-electron chi connectivity index (χ4n) is 6.24. The van der Waals surface area contributed by atoms with Crippen molar-refractivity contribution in [1.82, 2.24) is 25.2 Å². The third-order valence-electron chi connectivity index (χ3n) is 8.81. The van der Waals surface area contributed by atoms with Gasteiger partial charge in [-0.1, -0.05) is 12.7 Å². The van der Waals surface area contributed by atoms with Gasteiger partial charge in [-0.15, -0.1) is 0 Å². The van der Waals surface area contributed by atoms with E-state index >= 15 is 0 Å². The Kier molecular flexibility index (Phi) is 7.16. The van der Waals surface area contributed by atoms with Gasteiger partial charge in [0, 0.05) is 68.2 Å². The van der Waals surface area contributed by atoms with Crippen LogP contribution in [0.1, 0.15) is 43.7 Å². The number of benzene rings is 1. The summed E-state index contributed by atoms with van der Waals surface area (Å²) in [4.78, 5) is 19.3. The van der Waals surface area contributed by atoms with Gasteiger partial charge < -0.3 is 24.6 Å². The third-order valence-corrected chi connectivity index (χ3v) is 8.81. The number of likely N-dealkylation sites (tertiary alicyclic amines) is 1. The van der Waals surface area contributed by atoms with E-state index in [1.807, 2.05) is 31.5 Å². The van der Waals surface area contributed by atoms with Gasteiger partial charge in [-0.25, -0.2) is 0 Å². The number of hydrogen-bond acceptors (Lipinski definition) is 8. The van der Waals surface area contributed by atoms with Crippen LogP contribution in [0.3, 0.4) is 0 Å². The quantitative estimate of drug-likeness (QED) is 0.473. The van der Waals surface area contributed by atoms with Gasteiger partial charge in [0.15, 0.2) is 5.75 Å². The summed E-state index contributed by atoms with van der Waals surface area (Å²) in [5.41, 5.74) is 5.35. The molecule has 5 heterocycles. The van der Waals surface area contributed by atoms with E-state index in [4.69, 9.17) is 19.4 Å². The maximum absolute atomic E-state index is 6.50. The summed E-state index contributed by atoms with van der Waals surface area (Å²) in [6, 6.07) is 4.65. The van der Waals surface area contributed by atoms with Crippen LogP contribution in [0.5, 0.6) is 11.8 Å². The Morgan fingerprint density at radius 1 is 1.15 bits per heavy atom. The van der Waals surface area contributed by atoms with Crippen molar-refractivity contribution in [2.75, 3.05) is 57.8 Å². The summed E-state index contributed by atoms with van der Waals surface area (Å²) in [5.74, 6) is 1.68. The van der Waals surface area contributed by atoms with Crippen molar-refractivity contribution < 1.29 is 9.47 Å². The third kappa shape index (κ3) is 4.96. The van der Waals surface area contributed by atoms with Gasteiger partial charge in [-0.3, -0.25) is 4.98 Å². The number of pyridine rings is 1. The lowest BCUT2D eigenvalue weighted by molar-refractivity contribution is 0.105. The van der Waals surface area contributed by atoms with Gasteiger partial charge in [-0.2, -0.15) is 9.97 Å². The van der Waals surface area contributed by atoms with Crippen molar-refractivity contribution in [1.29, 1.82) is 0 Å². The lowest BCUT2D eigenvalue weighted by Crippen LogP contribution is -2.58. The molecule has 1 N–H and O–H groups in total. The summed E-state index contributed by atoms with van der Waals surface area (Å²) in [6.07, 6.45) is 10.0. The summed E-state index contributed by atoms with van der Waals surface area (Å²) in [7, 11) is 2.16. The number of nitrogens with one attached hydrogen (secondary N) is 1. The molecule has 206 valence electrons. The normalized spacial score (nSPS) is 19.7. The van der Waals surface area contributed by atoms with E-state index in [9.17, 15) is 0 Å². The molecule has 1 spiro atoms. The predicted octanol–water partition coefficient (Wildman–Crippen LogP) is 4.70. The van der Waals surface area contributed by atoms with Crippen molar-refractivity contribution in [3.05, 3.63) is 42.2 Å². The lowest BCUT2D eigenvalue weighted by Gasteiger charge is -2.48. The second-order valence-corrected chi connectivity index (χ2v) is 11.4. The highest BCUT2D eigenvalue weighted by atomic mass is 16.5. The molecule has 8 heteroatoms. The fourth-order valence-corrected chi connectivity index (χ4v) is 6.24. The van der Waals surface area contributed by atoms with Gasteiger partial charge in [0.05, 0.1) is 6.61 Å². The molecule has 0 atom stereocenters. The minimum atomic E-state index is 0.111. The van der Waals surface area contributed by atoms with Gasteiger partial charge in [0.2, 0.25) is 0 Å². The molecule has 0 radical (unpaired) electrons. The molecule has 0 aliphatic carbocycles. The molecule has 3 saturated heterocycles. The van der Waals surface area contributed by atoms with E-state index in [1.54, 1.807) is 0 Å². The number of aromatic nitrogens is 3. The van der Waals surface area contributed by atoms with Gasteiger partial charge in [-0.05, 0) is 75.3 Å². The first kappa shape index (κ1) is 26.0. The van der Waals surface area contributed by atoms with Crippen LogP contribution in [0.4, 0.5) is 5.82 Å². The zero-order chi connectivity index (χ0) is 27.0. The zero-order valence-corrected chi connectivity index (χ0v) is 23.5. The van der Waals surface area contributed by atoms with E-state index < -0.39 is 0 Å². The number of fused-ring (bicyclic) bond motifs is 1. The van der Waals surface area contributed by atoms with Crippen LogP contribution in [-0.2, 0) is 0 Å². The zero-order valence-electron chi connectivity index (χ0n) is 23.5. The van der Waals surface area contributed by atoms with Crippen molar-refractivity contribution in [2.24, 2.45) is 5.41 Å². The molecule has 0 saturated carbocycles. The number of piperidine rings is 2. The summed E-state index contributed by atoms with van der Waals surface area (Å²) in [6.45, 7) is 15.0. The number of anilines is 1. The molecular weight excluding hydrogens is 488 g/mol. The average Bonchev–Trinajstić information content (AvgIpc) is 2.94. The minimum Gasteiger partial charge on any atom is -0.491 e. The monoisotopic (exact) mass is 528 g/mol. The Labute approximate surface area is 231 Å². The van der Waals surface area contributed by atoms with Gasteiger partial charge in [0.1, 0.15) is 17.4 Å². The number of ether oxygens (including phenoxy) is 2. The molecule has 3 aliphatic heterocycles. The first-order valence-electron chi connectivity index (χ1n) is 14.4. The molecule has 0 amide bonds. The molecule has 39 heavy (non-hydrogen) atoms. The Morgan fingerprint density at radius 3 is 2.56 bits per heavy atom. The maximum Gasteiger partial charge on any atom is 0.319 e. The van der Waals surface area contributed by atoms with Crippen LogP contribution < -0.4 is 19.7 Å². The highest BCUT2D eigenvalue weighted by Gasteiger charge is 2.40. The van der Waals surface area contributed by atoms with Crippen molar-refractivity contribution in [2.45, 2.75) is 45.6 Å². The standard InChI is InChI=1S/C31H40N6O2/c1-5-22-17-24-27(28(38-6-2)26(22)25-18-32-12-7-21(25)3)34-30(39-23-8-13-36(4)14-9-23)35-29(24)37-15-10-31(11-16-37)19-33-20-31/h5,7,12,17-18,23,33H,1,6,8-11,13-16,19-20H2,2-4H3. The first-order valence-corrected chi connectivity index (χ1v) is 14.4. The van der Waals surface area contributed by atoms with Crippen LogP contribution in [0.15, 0.2) is 31.1 Å². The van der Waals surface area contributed by atoms with E-state index in [0.29, 0.717) is 18.0 Å². The summed E-state index contributed by atoms with van der Waals surface area (Å²) in [5, 5.41) is 4.46. The van der Waals surface area contributed by atoms with Crippen LogP contribution in [0.25, 0.3) is 28.1 Å². The SMILES string of the molecule is C=Cc1cc2c(N3CCC4(CC3)CNC4)nc(OC3CCN(C)CC3)nc2c(OCC)c1-c1cnccc1C. The number of rotatable bonds is 7. The van der Waals surface area contributed by atoms with Gasteiger partial charge in [0.25, 0.3) is 0 Å². The van der Waals surface area contributed by atoms with Crippen molar-refractivity contribution >= 4 is 22.8 Å². The van der Waals surface area contributed by atoms with Crippen molar-refractivity contribution in [3.63, 3.8) is 0 Å². The Balaban J connectivity index is 1.51.